The van der Waals surface area contributed by atoms with Crippen LogP contribution in [0.15, 0.2) is 109 Å². The third-order valence-corrected chi connectivity index (χ3v) is 12.4. The lowest BCUT2D eigenvalue weighted by Gasteiger charge is -2.33. The van der Waals surface area contributed by atoms with Crippen molar-refractivity contribution in [1.29, 1.82) is 0 Å². The second kappa shape index (κ2) is 25.6. The lowest BCUT2D eigenvalue weighted by atomic mass is 9.97. The Morgan fingerprint density at radius 2 is 0.871 bits per heavy atom. The van der Waals surface area contributed by atoms with Crippen LogP contribution in [0.2, 0.25) is 0 Å². The number of nitrogens with one attached hydrogen (secondary N) is 2. The molecule has 6 atom stereocenters. The topological polar surface area (TPSA) is 154 Å². The molecule has 0 saturated heterocycles. The van der Waals surface area contributed by atoms with Crippen molar-refractivity contribution in [1.82, 2.24) is 20.4 Å². The van der Waals surface area contributed by atoms with Crippen LogP contribution in [0, 0.1) is 11.8 Å². The molecule has 2 aliphatic rings. The van der Waals surface area contributed by atoms with E-state index in [2.05, 4.69) is 10.6 Å². The van der Waals surface area contributed by atoms with Crippen LogP contribution in [0.4, 0.5) is 0 Å². The van der Waals surface area contributed by atoms with E-state index in [1.54, 1.807) is 91.1 Å². The summed E-state index contributed by atoms with van der Waals surface area (Å²) in [6, 6.07) is 23.4. The number of hydrogen-bond acceptors (Lipinski definition) is 10. The van der Waals surface area contributed by atoms with Gasteiger partial charge < -0.3 is 48.9 Å². The van der Waals surface area contributed by atoms with Crippen molar-refractivity contribution in [2.24, 2.45) is 11.8 Å². The highest BCUT2D eigenvalue weighted by molar-refractivity contribution is 6.00. The number of likely N-dealkylation sites (N-methyl/N-ethyl adjacent to an activating group) is 2. The maximum absolute atomic E-state index is 13.6. The van der Waals surface area contributed by atoms with Crippen molar-refractivity contribution in [3.05, 3.63) is 131 Å². The molecule has 0 bridgehead atoms. The molecule has 0 radical (unpaired) electrons. The smallest absolute Gasteiger partial charge is 0.258 e. The third-order valence-electron chi connectivity index (χ3n) is 12.4. The molecule has 14 nitrogen and oxygen atoms in total. The standard InChI is InChI=1S/2C28H36N2O5/c2*1-18(2)26-27(31)29-23(21-16-15-20(33-5)17-25(21)34-6)13-9-7-11-19(3)35-24-14-10-8-12-22(24)28(32)30(26)4/h2*7-10,12,14-19,23,26H,11,13H2,1-6H3,(H,29,31)/b9-7+;9-7-/t2*19-,23-,26-/m11/s1. The molecule has 0 saturated carbocycles. The molecule has 4 aromatic rings. The number of para-hydroxylation sites is 2. The zero-order valence-corrected chi connectivity index (χ0v) is 42.8. The fourth-order valence-electron chi connectivity index (χ4n) is 8.80. The lowest BCUT2D eigenvalue weighted by Crippen LogP contribution is -2.51. The van der Waals surface area contributed by atoms with E-state index in [0.717, 1.165) is 11.1 Å². The first-order valence-corrected chi connectivity index (χ1v) is 23.9. The highest BCUT2D eigenvalue weighted by atomic mass is 16.5. The largest absolute Gasteiger partial charge is 0.497 e. The number of methoxy groups -OCH3 is 4. The average molecular weight is 961 g/mol. The average Bonchev–Trinajstić information content (AvgIpc) is 3.34. The molecule has 2 heterocycles. The zero-order valence-electron chi connectivity index (χ0n) is 42.8. The number of fused-ring (bicyclic) bond motifs is 2. The number of rotatable bonds is 8. The van der Waals surface area contributed by atoms with Crippen molar-refractivity contribution >= 4 is 23.6 Å². The first-order valence-electron chi connectivity index (χ1n) is 23.9. The first-order chi connectivity index (χ1) is 33.5. The van der Waals surface area contributed by atoms with Gasteiger partial charge in [0, 0.05) is 50.2 Å². The van der Waals surface area contributed by atoms with Crippen molar-refractivity contribution in [2.75, 3.05) is 42.5 Å². The van der Waals surface area contributed by atoms with Crippen LogP contribution in [0.25, 0.3) is 0 Å². The first kappa shape index (κ1) is 54.0. The van der Waals surface area contributed by atoms with E-state index in [0.29, 0.717) is 71.3 Å². The molecule has 70 heavy (non-hydrogen) atoms. The minimum Gasteiger partial charge on any atom is -0.497 e. The van der Waals surface area contributed by atoms with E-state index in [4.69, 9.17) is 28.4 Å². The second-order valence-electron chi connectivity index (χ2n) is 18.3. The summed E-state index contributed by atoms with van der Waals surface area (Å²) in [4.78, 5) is 57.3. The summed E-state index contributed by atoms with van der Waals surface area (Å²) in [6.45, 7) is 11.7. The molecule has 2 aliphatic heterocycles. The van der Waals surface area contributed by atoms with Crippen LogP contribution < -0.4 is 39.1 Å². The van der Waals surface area contributed by atoms with Crippen LogP contribution in [-0.2, 0) is 9.59 Å². The molecule has 6 rings (SSSR count). The maximum Gasteiger partial charge on any atom is 0.258 e. The summed E-state index contributed by atoms with van der Waals surface area (Å²) in [5.41, 5.74) is 2.55. The van der Waals surface area contributed by atoms with Gasteiger partial charge in [0.2, 0.25) is 11.8 Å². The monoisotopic (exact) mass is 961 g/mol. The number of benzene rings is 4. The molecule has 0 aliphatic carbocycles. The van der Waals surface area contributed by atoms with Crippen LogP contribution in [-0.4, -0.2) is 100 Å². The van der Waals surface area contributed by atoms with Crippen molar-refractivity contribution in [3.8, 4) is 34.5 Å². The van der Waals surface area contributed by atoms with Gasteiger partial charge >= 0.3 is 0 Å². The van der Waals surface area contributed by atoms with Gasteiger partial charge in [-0.1, -0.05) is 76.3 Å². The van der Waals surface area contributed by atoms with E-state index in [9.17, 15) is 19.2 Å². The molecule has 0 unspecified atom stereocenters. The predicted molar refractivity (Wildman–Crippen MR) is 272 cm³/mol. The van der Waals surface area contributed by atoms with Crippen LogP contribution >= 0.6 is 0 Å². The minimum atomic E-state index is -0.674. The predicted octanol–water partition coefficient (Wildman–Crippen LogP) is 9.55. The van der Waals surface area contributed by atoms with Gasteiger partial charge in [0.05, 0.1) is 63.9 Å². The van der Waals surface area contributed by atoms with Crippen molar-refractivity contribution in [2.45, 2.75) is 104 Å². The molecular formula is C56H72N4O10. The summed E-state index contributed by atoms with van der Waals surface area (Å²) >= 11 is 0. The number of ether oxygens (including phenoxy) is 6. The lowest BCUT2D eigenvalue weighted by molar-refractivity contribution is -0.128. The number of carbonyl (C=O) groups is 4. The van der Waals surface area contributed by atoms with E-state index < -0.39 is 12.1 Å². The Balaban J connectivity index is 0.000000261. The van der Waals surface area contributed by atoms with Gasteiger partial charge in [0.1, 0.15) is 46.6 Å². The summed E-state index contributed by atoms with van der Waals surface area (Å²) in [7, 11) is 9.73. The fraction of sp³-hybridized carbons (Fsp3) is 0.429. The van der Waals surface area contributed by atoms with Gasteiger partial charge in [-0.2, -0.15) is 0 Å². The van der Waals surface area contributed by atoms with E-state index in [-0.39, 0.29) is 59.8 Å². The number of hydrogen-bond donors (Lipinski definition) is 2. The Labute approximate surface area is 414 Å². The number of nitrogens with zero attached hydrogens (tertiary/aromatic N) is 2. The highest BCUT2D eigenvalue weighted by Crippen LogP contribution is 2.34. The Kier molecular flexibility index (Phi) is 19.7. The van der Waals surface area contributed by atoms with Crippen LogP contribution in [0.3, 0.4) is 0 Å². The number of carbonyl (C=O) groups excluding carboxylic acids is 4. The van der Waals surface area contributed by atoms with Gasteiger partial charge in [-0.25, -0.2) is 0 Å². The molecule has 0 aromatic heterocycles. The molecule has 4 amide bonds. The Morgan fingerprint density at radius 1 is 0.514 bits per heavy atom. The molecule has 14 heteroatoms. The SMILES string of the molecule is COc1ccc([C@H]2C/C=C/C[C@@H](C)Oc3ccccc3C(=O)N(C)[C@H](C(C)C)C(=O)N2)c(OC)c1.COc1ccc([C@H]2C/C=C\C[C@@H](C)Oc3ccccc3C(=O)N(C)[C@H](C(C)C)C(=O)N2)c(OC)c1. The Hall–Kier alpha value is -6.96. The second-order valence-corrected chi connectivity index (χ2v) is 18.3. The molecule has 376 valence electrons. The minimum absolute atomic E-state index is 0.113. The molecule has 0 spiro atoms. The summed E-state index contributed by atoms with van der Waals surface area (Å²) in [6.07, 6.45) is 10.4. The molecule has 0 fully saturated rings. The summed E-state index contributed by atoms with van der Waals surface area (Å²) < 4.78 is 34.1. The Bertz CT molecular complexity index is 2300. The van der Waals surface area contributed by atoms with E-state index >= 15 is 0 Å². The van der Waals surface area contributed by atoms with Crippen LogP contribution in [0.5, 0.6) is 34.5 Å². The number of amides is 4. The van der Waals surface area contributed by atoms with Crippen molar-refractivity contribution in [3.63, 3.8) is 0 Å². The van der Waals surface area contributed by atoms with Gasteiger partial charge in [-0.3, -0.25) is 19.2 Å². The van der Waals surface area contributed by atoms with Gasteiger partial charge in [-0.15, -0.1) is 0 Å². The summed E-state index contributed by atoms with van der Waals surface area (Å²) in [5.74, 6) is 2.44. The Morgan fingerprint density at radius 3 is 1.21 bits per heavy atom. The normalized spacial score (nSPS) is 22.5. The van der Waals surface area contributed by atoms with Gasteiger partial charge in [0.25, 0.3) is 11.8 Å². The van der Waals surface area contributed by atoms with E-state index in [1.165, 1.54) is 9.80 Å². The molecular weight excluding hydrogens is 889 g/mol. The molecule has 4 aromatic carbocycles. The van der Waals surface area contributed by atoms with E-state index in [1.807, 2.05) is 102 Å². The van der Waals surface area contributed by atoms with Gasteiger partial charge in [-0.05, 0) is 87.1 Å². The summed E-state index contributed by atoms with van der Waals surface area (Å²) in [5, 5.41) is 6.36. The molecule has 2 N–H and O–H groups in total. The van der Waals surface area contributed by atoms with Crippen molar-refractivity contribution < 1.29 is 47.6 Å². The third kappa shape index (κ3) is 13.6. The quantitative estimate of drug-likeness (QED) is 0.163. The van der Waals surface area contributed by atoms with Gasteiger partial charge in [0.15, 0.2) is 0 Å². The zero-order chi connectivity index (χ0) is 51.1. The highest BCUT2D eigenvalue weighted by Gasteiger charge is 2.35. The fourth-order valence-corrected chi connectivity index (χ4v) is 8.80. The maximum atomic E-state index is 13.6. The van der Waals surface area contributed by atoms with Crippen LogP contribution in [0.1, 0.15) is 111 Å².